The molecule has 7 nitrogen and oxygen atoms in total. The number of aliphatic imine (C=N–C) groups is 1. The van der Waals surface area contributed by atoms with Crippen molar-refractivity contribution in [2.45, 2.75) is 51.6 Å². The molecule has 1 atom stereocenters. The molecule has 0 radical (unpaired) electrons. The second-order valence-corrected chi connectivity index (χ2v) is 11.5. The van der Waals surface area contributed by atoms with E-state index in [2.05, 4.69) is 45.7 Å². The van der Waals surface area contributed by atoms with Gasteiger partial charge in [-0.3, -0.25) is 14.6 Å². The molecule has 0 bridgehead atoms. The average Bonchev–Trinajstić information content (AvgIpc) is 3.67. The van der Waals surface area contributed by atoms with Gasteiger partial charge in [0.25, 0.3) is 11.5 Å². The van der Waals surface area contributed by atoms with Crippen LogP contribution in [-0.4, -0.2) is 58.6 Å². The molecule has 2 N–H and O–H groups in total. The largest absolute Gasteiger partial charge is 0.381 e. The molecule has 6 rings (SSSR count). The molecule has 3 aliphatic rings. The molecule has 0 aliphatic carbocycles. The molecule has 1 aromatic carbocycles. The van der Waals surface area contributed by atoms with Crippen LogP contribution in [0.3, 0.4) is 0 Å². The number of aromatic nitrogens is 1. The first-order chi connectivity index (χ1) is 18.0. The Hall–Kier alpha value is -3.23. The summed E-state index contributed by atoms with van der Waals surface area (Å²) in [6.07, 6.45) is 6.72. The smallest absolute Gasteiger partial charge is 0.259 e. The minimum atomic E-state index is -0.146. The predicted molar refractivity (Wildman–Crippen MR) is 150 cm³/mol. The Morgan fingerprint density at radius 3 is 2.81 bits per heavy atom. The van der Waals surface area contributed by atoms with Crippen LogP contribution in [0.1, 0.15) is 58.1 Å². The lowest BCUT2D eigenvalue weighted by Crippen LogP contribution is -2.29. The summed E-state index contributed by atoms with van der Waals surface area (Å²) in [6, 6.07) is 10.3. The van der Waals surface area contributed by atoms with Gasteiger partial charge in [-0.1, -0.05) is 6.07 Å². The van der Waals surface area contributed by atoms with Crippen LogP contribution in [0.4, 0.5) is 11.4 Å². The van der Waals surface area contributed by atoms with E-state index in [0.29, 0.717) is 18.5 Å². The van der Waals surface area contributed by atoms with Crippen molar-refractivity contribution in [3.8, 4) is 0 Å². The third-order valence-corrected chi connectivity index (χ3v) is 8.54. The van der Waals surface area contributed by atoms with E-state index in [1.165, 1.54) is 30.8 Å². The number of fused-ring (bicyclic) bond motifs is 2. The van der Waals surface area contributed by atoms with Crippen LogP contribution in [0, 0.1) is 0 Å². The molecule has 1 fully saturated rings. The van der Waals surface area contributed by atoms with Gasteiger partial charge in [-0.05, 0) is 86.6 Å². The highest BCUT2D eigenvalue weighted by Crippen LogP contribution is 2.36. The number of nitrogens with zero attached hydrogens (tertiary/aromatic N) is 3. The molecule has 1 amide bonds. The molecular formula is C29H33N5O2S. The van der Waals surface area contributed by atoms with Gasteiger partial charge in [0.2, 0.25) is 0 Å². The Morgan fingerprint density at radius 1 is 1.14 bits per heavy atom. The fraction of sp³-hybridized carbons (Fsp3) is 0.414. The number of thiophene rings is 1. The van der Waals surface area contributed by atoms with Crippen LogP contribution in [0.15, 0.2) is 51.7 Å². The minimum Gasteiger partial charge on any atom is -0.381 e. The van der Waals surface area contributed by atoms with Crippen molar-refractivity contribution in [2.75, 3.05) is 31.5 Å². The first kappa shape index (κ1) is 24.1. The quantitative estimate of drug-likeness (QED) is 0.437. The summed E-state index contributed by atoms with van der Waals surface area (Å²) in [4.78, 5) is 39.6. The van der Waals surface area contributed by atoms with Crippen LogP contribution in [0.25, 0.3) is 0 Å². The number of carbonyl (C=O) groups excluding carboxylic acids is 1. The highest BCUT2D eigenvalue weighted by Gasteiger charge is 2.31. The van der Waals surface area contributed by atoms with Crippen LogP contribution in [0.5, 0.6) is 0 Å². The van der Waals surface area contributed by atoms with E-state index in [-0.39, 0.29) is 17.5 Å². The molecule has 8 heteroatoms. The fourth-order valence-corrected chi connectivity index (χ4v) is 6.65. The van der Waals surface area contributed by atoms with Crippen molar-refractivity contribution in [3.05, 3.63) is 79.4 Å². The van der Waals surface area contributed by atoms with E-state index < -0.39 is 0 Å². The standard InChI is InChI=1S/C29H33N5O2S/c1-19(14-22-6-4-13-37-22)31-24-7-8-30-28(35)27(24)26-16-20-15-23-21(17-25(20)32-26)18-34(29(23)36)12-5-11-33-9-2-3-10-33/h4,6-8,13,15,17,19H,2-3,5,9-12,14,16,18H2,1H3,(H2,30,31,35)/t19-/m0/s1. The van der Waals surface area contributed by atoms with Crippen LogP contribution in [0.2, 0.25) is 0 Å². The summed E-state index contributed by atoms with van der Waals surface area (Å²) in [5.74, 6) is 0.120. The number of anilines is 1. The molecule has 5 heterocycles. The molecule has 0 saturated carbocycles. The van der Waals surface area contributed by atoms with Gasteiger partial charge in [0, 0.05) is 48.6 Å². The molecule has 1 saturated heterocycles. The van der Waals surface area contributed by atoms with Crippen LogP contribution < -0.4 is 10.9 Å². The van der Waals surface area contributed by atoms with E-state index in [0.717, 1.165) is 59.7 Å². The normalized spacial score (nSPS) is 17.7. The third-order valence-electron chi connectivity index (χ3n) is 7.64. The molecular weight excluding hydrogens is 482 g/mol. The van der Waals surface area contributed by atoms with Gasteiger partial charge in [0.15, 0.2) is 0 Å². The number of carbonyl (C=O) groups is 1. The number of rotatable bonds is 9. The summed E-state index contributed by atoms with van der Waals surface area (Å²) in [6.45, 7) is 7.01. The third kappa shape index (κ3) is 5.00. The summed E-state index contributed by atoms with van der Waals surface area (Å²) in [5, 5.41) is 5.62. The molecule has 37 heavy (non-hydrogen) atoms. The van der Waals surface area contributed by atoms with E-state index in [9.17, 15) is 9.59 Å². The first-order valence-electron chi connectivity index (χ1n) is 13.3. The SMILES string of the molecule is C[C@@H](Cc1cccs1)Nc1cc[nH]c(=O)c1C1=Nc2cc3c(cc2C1)C(=O)N(CCCN1CCCC1)C3. The molecule has 0 spiro atoms. The van der Waals surface area contributed by atoms with Crippen molar-refractivity contribution in [1.29, 1.82) is 0 Å². The van der Waals surface area contributed by atoms with Crippen LogP contribution in [-0.2, 0) is 19.4 Å². The maximum atomic E-state index is 13.1. The maximum Gasteiger partial charge on any atom is 0.259 e. The lowest BCUT2D eigenvalue weighted by Gasteiger charge is -2.19. The second-order valence-electron chi connectivity index (χ2n) is 10.4. The van der Waals surface area contributed by atoms with E-state index in [1.54, 1.807) is 17.5 Å². The average molecular weight is 516 g/mol. The lowest BCUT2D eigenvalue weighted by molar-refractivity contribution is 0.0772. The Labute approximate surface area is 221 Å². The maximum absolute atomic E-state index is 13.1. The number of hydrogen-bond donors (Lipinski definition) is 2. The summed E-state index contributed by atoms with van der Waals surface area (Å²) in [7, 11) is 0. The number of H-pyrrole nitrogens is 1. The Kier molecular flexibility index (Phi) is 6.69. The highest BCUT2D eigenvalue weighted by molar-refractivity contribution is 7.09. The van der Waals surface area contributed by atoms with Gasteiger partial charge in [-0.25, -0.2) is 0 Å². The molecule has 2 aromatic heterocycles. The predicted octanol–water partition coefficient (Wildman–Crippen LogP) is 4.60. The summed E-state index contributed by atoms with van der Waals surface area (Å²) in [5.41, 5.74) is 5.72. The zero-order chi connectivity index (χ0) is 25.4. The number of aromatic amines is 1. The zero-order valence-electron chi connectivity index (χ0n) is 21.3. The monoisotopic (exact) mass is 515 g/mol. The van der Waals surface area contributed by atoms with Crippen molar-refractivity contribution in [3.63, 3.8) is 0 Å². The van der Waals surface area contributed by atoms with Crippen molar-refractivity contribution in [1.82, 2.24) is 14.8 Å². The van der Waals surface area contributed by atoms with Crippen molar-refractivity contribution in [2.24, 2.45) is 4.99 Å². The number of pyridine rings is 1. The van der Waals surface area contributed by atoms with Gasteiger partial charge in [0.05, 0.1) is 22.6 Å². The fourth-order valence-electron chi connectivity index (χ4n) is 5.81. The number of hydrogen-bond acceptors (Lipinski definition) is 6. The highest BCUT2D eigenvalue weighted by atomic mass is 32.1. The number of benzene rings is 1. The van der Waals surface area contributed by atoms with Gasteiger partial charge in [0.1, 0.15) is 0 Å². The van der Waals surface area contributed by atoms with Gasteiger partial charge < -0.3 is 20.1 Å². The first-order valence-corrected chi connectivity index (χ1v) is 14.2. The number of likely N-dealkylation sites (tertiary alicyclic amines) is 1. The number of amides is 1. The molecule has 192 valence electrons. The Morgan fingerprint density at radius 2 is 2.00 bits per heavy atom. The lowest BCUT2D eigenvalue weighted by atomic mass is 10.00. The Balaban J connectivity index is 1.17. The van der Waals surface area contributed by atoms with Gasteiger partial charge in [-0.15, -0.1) is 11.3 Å². The Bertz CT molecular complexity index is 1390. The summed E-state index contributed by atoms with van der Waals surface area (Å²) >= 11 is 1.74. The zero-order valence-corrected chi connectivity index (χ0v) is 22.1. The second kappa shape index (κ2) is 10.3. The molecule has 3 aliphatic heterocycles. The minimum absolute atomic E-state index is 0.120. The topological polar surface area (TPSA) is 80.8 Å². The van der Waals surface area contributed by atoms with Gasteiger partial charge in [-0.2, -0.15) is 0 Å². The number of nitrogens with one attached hydrogen (secondary N) is 2. The van der Waals surface area contributed by atoms with Crippen molar-refractivity contribution >= 4 is 34.3 Å². The van der Waals surface area contributed by atoms with E-state index in [4.69, 9.17) is 4.99 Å². The van der Waals surface area contributed by atoms with Crippen molar-refractivity contribution < 1.29 is 4.79 Å². The van der Waals surface area contributed by atoms with Gasteiger partial charge >= 0.3 is 0 Å². The summed E-state index contributed by atoms with van der Waals surface area (Å²) < 4.78 is 0. The molecule has 3 aromatic rings. The van der Waals surface area contributed by atoms with E-state index >= 15 is 0 Å². The van der Waals surface area contributed by atoms with E-state index in [1.807, 2.05) is 17.0 Å². The van der Waals surface area contributed by atoms with Crippen LogP contribution >= 0.6 is 11.3 Å². The molecule has 0 unspecified atom stereocenters.